The van der Waals surface area contributed by atoms with E-state index in [0.29, 0.717) is 23.2 Å². The Labute approximate surface area is 87.5 Å². The van der Waals surface area contributed by atoms with E-state index in [0.717, 1.165) is 0 Å². The monoisotopic (exact) mass is 210 g/mol. The number of halogens is 1. The Hall–Kier alpha value is -1.09. The number of rotatable bonds is 3. The van der Waals surface area contributed by atoms with Gasteiger partial charge < -0.3 is 5.32 Å². The van der Waals surface area contributed by atoms with Crippen LogP contribution in [0.15, 0.2) is 18.3 Å². The van der Waals surface area contributed by atoms with Crippen LogP contribution >= 0.6 is 11.6 Å². The Morgan fingerprint density at radius 2 is 2.43 bits per heavy atom. The summed E-state index contributed by atoms with van der Waals surface area (Å²) in [6, 6.07) is 3.32. The molecule has 1 heterocycles. The van der Waals surface area contributed by atoms with Crippen molar-refractivity contribution in [1.82, 2.24) is 4.98 Å². The number of hydrogen-bond acceptors (Lipinski definition) is 2. The second-order valence-corrected chi connectivity index (χ2v) is 3.99. The van der Waals surface area contributed by atoms with Crippen LogP contribution in [0.5, 0.6) is 0 Å². The van der Waals surface area contributed by atoms with Crippen molar-refractivity contribution >= 4 is 23.3 Å². The molecule has 0 unspecified atom stereocenters. The summed E-state index contributed by atoms with van der Waals surface area (Å²) in [5.74, 6) is 1.15. The van der Waals surface area contributed by atoms with Gasteiger partial charge in [-0.1, -0.05) is 11.6 Å². The van der Waals surface area contributed by atoms with E-state index in [4.69, 9.17) is 11.6 Å². The third-order valence-electron chi connectivity index (χ3n) is 2.16. The van der Waals surface area contributed by atoms with Crippen LogP contribution in [-0.2, 0) is 4.79 Å². The van der Waals surface area contributed by atoms with Gasteiger partial charge >= 0.3 is 0 Å². The quantitative estimate of drug-likeness (QED) is 0.833. The van der Waals surface area contributed by atoms with Crippen LogP contribution in [0.2, 0.25) is 5.02 Å². The molecule has 0 bridgehead atoms. The fraction of sp³-hybridized carbons (Fsp3) is 0.400. The predicted molar refractivity (Wildman–Crippen MR) is 55.2 cm³/mol. The topological polar surface area (TPSA) is 42.0 Å². The number of amides is 1. The minimum absolute atomic E-state index is 0.0299. The first-order chi connectivity index (χ1) is 6.74. The average molecular weight is 211 g/mol. The fourth-order valence-electron chi connectivity index (χ4n) is 1.25. The number of nitrogens with zero attached hydrogens (tertiary/aromatic N) is 1. The van der Waals surface area contributed by atoms with Crippen LogP contribution in [-0.4, -0.2) is 10.9 Å². The molecule has 14 heavy (non-hydrogen) atoms. The number of nitrogens with one attached hydrogen (secondary N) is 1. The standard InChI is InChI=1S/C10H11ClN2O/c11-8-3-4-12-9(6-8)13-10(14)5-7-1-2-7/h3-4,6-7H,1-2,5H2,(H,12,13,14). The van der Waals surface area contributed by atoms with Crippen molar-refractivity contribution in [1.29, 1.82) is 0 Å². The predicted octanol–water partition coefficient (Wildman–Crippen LogP) is 2.47. The highest BCUT2D eigenvalue weighted by molar-refractivity contribution is 6.30. The summed E-state index contributed by atoms with van der Waals surface area (Å²) in [6.07, 6.45) is 4.54. The van der Waals surface area contributed by atoms with Gasteiger partial charge in [0.05, 0.1) is 0 Å². The van der Waals surface area contributed by atoms with Gasteiger partial charge in [0, 0.05) is 17.6 Å². The summed E-state index contributed by atoms with van der Waals surface area (Å²) >= 11 is 5.76. The normalized spacial score (nSPS) is 15.2. The summed E-state index contributed by atoms with van der Waals surface area (Å²) in [4.78, 5) is 15.4. The third kappa shape index (κ3) is 2.70. The lowest BCUT2D eigenvalue weighted by molar-refractivity contribution is -0.116. The number of aromatic nitrogens is 1. The number of carbonyl (C=O) groups excluding carboxylic acids is 1. The molecule has 0 aliphatic heterocycles. The number of hydrogen-bond donors (Lipinski definition) is 1. The summed E-state index contributed by atoms with van der Waals surface area (Å²) in [7, 11) is 0. The Morgan fingerprint density at radius 3 is 3.07 bits per heavy atom. The first-order valence-corrected chi connectivity index (χ1v) is 5.03. The largest absolute Gasteiger partial charge is 0.311 e. The van der Waals surface area contributed by atoms with Gasteiger partial charge in [0.25, 0.3) is 0 Å². The summed E-state index contributed by atoms with van der Waals surface area (Å²) in [5.41, 5.74) is 0. The molecule has 1 saturated carbocycles. The molecule has 74 valence electrons. The average Bonchev–Trinajstić information content (AvgIpc) is 2.87. The lowest BCUT2D eigenvalue weighted by atomic mass is 10.3. The van der Waals surface area contributed by atoms with Crippen molar-refractivity contribution in [3.05, 3.63) is 23.4 Å². The zero-order valence-corrected chi connectivity index (χ0v) is 8.42. The second-order valence-electron chi connectivity index (χ2n) is 3.55. The molecule has 1 aliphatic rings. The van der Waals surface area contributed by atoms with Crippen LogP contribution in [0.4, 0.5) is 5.82 Å². The van der Waals surface area contributed by atoms with Gasteiger partial charge in [-0.3, -0.25) is 4.79 Å². The molecule has 0 saturated heterocycles. The minimum Gasteiger partial charge on any atom is -0.311 e. The van der Waals surface area contributed by atoms with Gasteiger partial charge in [0.15, 0.2) is 0 Å². The van der Waals surface area contributed by atoms with Crippen molar-refractivity contribution in [2.75, 3.05) is 5.32 Å². The van der Waals surface area contributed by atoms with Crippen molar-refractivity contribution in [3.8, 4) is 0 Å². The minimum atomic E-state index is 0.0299. The lowest BCUT2D eigenvalue weighted by Gasteiger charge is -2.02. The van der Waals surface area contributed by atoms with Gasteiger partial charge in [-0.25, -0.2) is 4.98 Å². The molecular formula is C10H11ClN2O. The van der Waals surface area contributed by atoms with E-state index in [1.807, 2.05) is 0 Å². The Bertz CT molecular complexity index is 350. The molecule has 1 aromatic heterocycles. The van der Waals surface area contributed by atoms with E-state index < -0.39 is 0 Å². The van der Waals surface area contributed by atoms with Crippen LogP contribution in [0.25, 0.3) is 0 Å². The van der Waals surface area contributed by atoms with E-state index in [-0.39, 0.29) is 5.91 Å². The molecule has 0 radical (unpaired) electrons. The second kappa shape index (κ2) is 3.96. The highest BCUT2D eigenvalue weighted by Gasteiger charge is 2.24. The number of anilines is 1. The van der Waals surface area contributed by atoms with Crippen LogP contribution < -0.4 is 5.32 Å². The Morgan fingerprint density at radius 1 is 1.64 bits per heavy atom. The van der Waals surface area contributed by atoms with E-state index in [2.05, 4.69) is 10.3 Å². The molecule has 3 nitrogen and oxygen atoms in total. The highest BCUT2D eigenvalue weighted by atomic mass is 35.5. The molecule has 0 spiro atoms. The maximum Gasteiger partial charge on any atom is 0.225 e. The lowest BCUT2D eigenvalue weighted by Crippen LogP contribution is -2.12. The van der Waals surface area contributed by atoms with Gasteiger partial charge in [-0.05, 0) is 30.9 Å². The van der Waals surface area contributed by atoms with Gasteiger partial charge in [-0.2, -0.15) is 0 Å². The van der Waals surface area contributed by atoms with E-state index in [9.17, 15) is 4.79 Å². The highest BCUT2D eigenvalue weighted by Crippen LogP contribution is 2.32. The SMILES string of the molecule is O=C(CC1CC1)Nc1cc(Cl)ccn1. The van der Waals surface area contributed by atoms with Crippen molar-refractivity contribution in [2.24, 2.45) is 5.92 Å². The van der Waals surface area contributed by atoms with E-state index in [1.54, 1.807) is 18.3 Å². The van der Waals surface area contributed by atoms with Gasteiger partial charge in [0.2, 0.25) is 5.91 Å². The van der Waals surface area contributed by atoms with E-state index >= 15 is 0 Å². The fourth-order valence-corrected chi connectivity index (χ4v) is 1.41. The van der Waals surface area contributed by atoms with Crippen molar-refractivity contribution < 1.29 is 4.79 Å². The molecule has 0 aromatic carbocycles. The zero-order chi connectivity index (χ0) is 9.97. The molecule has 1 N–H and O–H groups in total. The molecule has 2 rings (SSSR count). The van der Waals surface area contributed by atoms with Gasteiger partial charge in [-0.15, -0.1) is 0 Å². The van der Waals surface area contributed by atoms with Crippen molar-refractivity contribution in [2.45, 2.75) is 19.3 Å². The molecule has 1 aliphatic carbocycles. The number of carbonyl (C=O) groups is 1. The number of pyridine rings is 1. The van der Waals surface area contributed by atoms with Crippen molar-refractivity contribution in [3.63, 3.8) is 0 Å². The smallest absolute Gasteiger partial charge is 0.225 e. The Balaban J connectivity index is 1.92. The molecule has 4 heteroatoms. The molecule has 0 atom stereocenters. The zero-order valence-electron chi connectivity index (χ0n) is 7.66. The first kappa shape index (κ1) is 9.46. The van der Waals surface area contributed by atoms with Crippen LogP contribution in [0.1, 0.15) is 19.3 Å². The maximum absolute atomic E-state index is 11.4. The third-order valence-corrected chi connectivity index (χ3v) is 2.40. The summed E-state index contributed by atoms with van der Waals surface area (Å²) in [6.45, 7) is 0. The van der Waals surface area contributed by atoms with Crippen LogP contribution in [0.3, 0.4) is 0 Å². The molecular weight excluding hydrogens is 200 g/mol. The first-order valence-electron chi connectivity index (χ1n) is 4.65. The molecule has 1 aromatic rings. The Kier molecular flexibility index (Phi) is 2.68. The van der Waals surface area contributed by atoms with Gasteiger partial charge in [0.1, 0.15) is 5.82 Å². The van der Waals surface area contributed by atoms with Crippen LogP contribution in [0, 0.1) is 5.92 Å². The van der Waals surface area contributed by atoms with E-state index in [1.165, 1.54) is 12.8 Å². The molecule has 1 amide bonds. The maximum atomic E-state index is 11.4. The molecule has 1 fully saturated rings. The summed E-state index contributed by atoms with van der Waals surface area (Å²) < 4.78 is 0. The summed E-state index contributed by atoms with van der Waals surface area (Å²) in [5, 5.41) is 3.30.